The molecule has 0 aliphatic heterocycles. The highest BCUT2D eigenvalue weighted by molar-refractivity contribution is 7.92. The van der Waals surface area contributed by atoms with Crippen LogP contribution in [-0.4, -0.2) is 31.7 Å². The summed E-state index contributed by atoms with van der Waals surface area (Å²) in [5.41, 5.74) is 8.82. The first-order chi connectivity index (χ1) is 18.9. The number of anilines is 1. The Morgan fingerprint density at radius 2 is 1.52 bits per heavy atom. The molecule has 0 aliphatic rings. The van der Waals surface area contributed by atoms with Crippen molar-refractivity contribution in [3.8, 4) is 5.69 Å². The van der Waals surface area contributed by atoms with Gasteiger partial charge in [-0.15, -0.1) is 0 Å². The molecule has 1 amide bonds. The second-order valence-corrected chi connectivity index (χ2v) is 12.4. The van der Waals surface area contributed by atoms with Crippen molar-refractivity contribution in [3.05, 3.63) is 110 Å². The van der Waals surface area contributed by atoms with Crippen molar-refractivity contribution in [1.29, 1.82) is 0 Å². The minimum absolute atomic E-state index is 0.101. The third-order valence-corrected chi connectivity index (χ3v) is 8.71. The zero-order valence-corrected chi connectivity index (χ0v) is 25.2. The van der Waals surface area contributed by atoms with Gasteiger partial charge in [0.05, 0.1) is 16.8 Å². The van der Waals surface area contributed by atoms with Crippen molar-refractivity contribution >= 4 is 51.0 Å². The molecule has 0 fully saturated rings. The average Bonchev–Trinajstić information content (AvgIpc) is 3.16. The van der Waals surface area contributed by atoms with Crippen molar-refractivity contribution in [2.45, 2.75) is 39.5 Å². The van der Waals surface area contributed by atoms with Gasteiger partial charge in [-0.25, -0.2) is 13.8 Å². The number of rotatable bonds is 8. The minimum atomic E-state index is -4.03. The maximum Gasteiger partial charge on any atom is 0.264 e. The highest BCUT2D eigenvalue weighted by atomic mass is 35.5. The quantitative estimate of drug-likeness (QED) is 0.182. The summed E-state index contributed by atoms with van der Waals surface area (Å²) < 4.78 is 30.5. The second-order valence-electron chi connectivity index (χ2n) is 9.70. The molecule has 208 valence electrons. The van der Waals surface area contributed by atoms with Gasteiger partial charge in [-0.05, 0) is 88.2 Å². The zero-order valence-electron chi connectivity index (χ0n) is 22.9. The fourth-order valence-electron chi connectivity index (χ4n) is 4.45. The molecule has 4 rings (SSSR count). The number of aromatic nitrogens is 1. The summed E-state index contributed by atoms with van der Waals surface area (Å²) in [6, 6.07) is 19.2. The summed E-state index contributed by atoms with van der Waals surface area (Å²) in [7, 11) is -4.03. The Morgan fingerprint density at radius 1 is 0.900 bits per heavy atom. The van der Waals surface area contributed by atoms with Crippen LogP contribution in [0.4, 0.5) is 5.69 Å². The fourth-order valence-corrected chi connectivity index (χ4v) is 6.44. The molecule has 40 heavy (non-hydrogen) atoms. The molecule has 0 atom stereocenters. The number of nitrogens with one attached hydrogen (secondary N) is 1. The lowest BCUT2D eigenvalue weighted by Gasteiger charge is -2.25. The predicted octanol–water partition coefficient (Wildman–Crippen LogP) is 6.67. The van der Waals surface area contributed by atoms with Gasteiger partial charge in [0, 0.05) is 32.7 Å². The van der Waals surface area contributed by atoms with Gasteiger partial charge in [0.15, 0.2) is 0 Å². The van der Waals surface area contributed by atoms with Gasteiger partial charge >= 0.3 is 0 Å². The maximum atomic E-state index is 13.7. The fraction of sp³-hybridized carbons (Fsp3) is 0.200. The van der Waals surface area contributed by atoms with Gasteiger partial charge in [0.2, 0.25) is 0 Å². The molecule has 1 N–H and O–H groups in total. The van der Waals surface area contributed by atoms with Gasteiger partial charge in [0.25, 0.3) is 15.9 Å². The number of aryl methyl sites for hydroxylation is 4. The third kappa shape index (κ3) is 6.41. The molecule has 10 heteroatoms. The second kappa shape index (κ2) is 11.9. The summed E-state index contributed by atoms with van der Waals surface area (Å²) >= 11 is 12.4. The molecular formula is C30H30Cl2N4O3S. The van der Waals surface area contributed by atoms with Crippen LogP contribution >= 0.6 is 23.2 Å². The number of carbonyl (C=O) groups excluding carboxylic acids is 1. The number of hydrazone groups is 1. The number of nitrogens with zero attached hydrogens (tertiary/aromatic N) is 3. The minimum Gasteiger partial charge on any atom is -0.318 e. The van der Waals surface area contributed by atoms with E-state index in [0.717, 1.165) is 43.6 Å². The molecule has 1 aromatic heterocycles. The van der Waals surface area contributed by atoms with Crippen LogP contribution in [0.25, 0.3) is 5.69 Å². The lowest BCUT2D eigenvalue weighted by Crippen LogP contribution is -2.40. The zero-order chi connectivity index (χ0) is 29.2. The monoisotopic (exact) mass is 596 g/mol. The van der Waals surface area contributed by atoms with Gasteiger partial charge in [-0.1, -0.05) is 53.0 Å². The Labute approximate surface area is 245 Å². The normalized spacial score (nSPS) is 11.7. The van der Waals surface area contributed by atoms with E-state index in [1.807, 2.05) is 69.5 Å². The average molecular weight is 598 g/mol. The van der Waals surface area contributed by atoms with Crippen LogP contribution in [0.15, 0.2) is 76.7 Å². The van der Waals surface area contributed by atoms with Crippen molar-refractivity contribution in [3.63, 3.8) is 0 Å². The van der Waals surface area contributed by atoms with Gasteiger partial charge in [-0.3, -0.25) is 9.10 Å². The van der Waals surface area contributed by atoms with Crippen LogP contribution < -0.4 is 9.73 Å². The van der Waals surface area contributed by atoms with E-state index < -0.39 is 22.5 Å². The largest absolute Gasteiger partial charge is 0.318 e. The van der Waals surface area contributed by atoms with E-state index in [2.05, 4.69) is 10.5 Å². The molecule has 3 aromatic carbocycles. The van der Waals surface area contributed by atoms with Crippen LogP contribution in [-0.2, 0) is 14.8 Å². The Hall–Kier alpha value is -3.59. The van der Waals surface area contributed by atoms with E-state index in [4.69, 9.17) is 23.2 Å². The Morgan fingerprint density at radius 3 is 2.17 bits per heavy atom. The van der Waals surface area contributed by atoms with Crippen molar-refractivity contribution in [2.75, 3.05) is 10.8 Å². The molecule has 0 saturated heterocycles. The van der Waals surface area contributed by atoms with E-state index >= 15 is 0 Å². The molecule has 0 radical (unpaired) electrons. The molecule has 4 aromatic rings. The van der Waals surface area contributed by atoms with E-state index in [-0.39, 0.29) is 4.90 Å². The number of benzene rings is 3. The highest BCUT2D eigenvalue weighted by Crippen LogP contribution is 2.28. The number of carbonyl (C=O) groups is 1. The van der Waals surface area contributed by atoms with E-state index in [9.17, 15) is 13.2 Å². The first-order valence-electron chi connectivity index (χ1n) is 12.5. The summed E-state index contributed by atoms with van der Waals surface area (Å²) in [5, 5.41) is 5.17. The van der Waals surface area contributed by atoms with Gasteiger partial charge < -0.3 is 4.57 Å². The van der Waals surface area contributed by atoms with Crippen molar-refractivity contribution in [2.24, 2.45) is 5.10 Å². The topological polar surface area (TPSA) is 83.8 Å². The SMILES string of the molecule is Cc1ccc(S(=O)(=O)N(CC(=O)N/N=C\c2cc(C)n(-c3cc(Cl)cc(Cl)c3)c2C)c2cc(C)ccc2C)cc1. The van der Waals surface area contributed by atoms with Gasteiger partial charge in [-0.2, -0.15) is 5.10 Å². The Bertz CT molecular complexity index is 1690. The van der Waals surface area contributed by atoms with Crippen LogP contribution in [0.1, 0.15) is 33.6 Å². The lowest BCUT2D eigenvalue weighted by atomic mass is 10.1. The molecule has 0 bridgehead atoms. The predicted molar refractivity (Wildman–Crippen MR) is 163 cm³/mol. The molecule has 0 spiro atoms. The first-order valence-corrected chi connectivity index (χ1v) is 14.7. The van der Waals surface area contributed by atoms with E-state index in [1.54, 1.807) is 36.4 Å². The smallest absolute Gasteiger partial charge is 0.264 e. The molecule has 7 nitrogen and oxygen atoms in total. The molecule has 0 saturated carbocycles. The van der Waals surface area contributed by atoms with Gasteiger partial charge in [0.1, 0.15) is 6.54 Å². The number of hydrogen-bond donors (Lipinski definition) is 1. The first kappa shape index (κ1) is 29.4. The standard InChI is InChI=1S/C30H30Cl2N4O3S/c1-19-7-10-28(11-8-19)40(38,39)35(29-12-20(2)6-9-21(29)3)18-30(37)34-33-17-24-13-22(4)36(23(24)5)27-15-25(31)14-26(32)16-27/h6-17H,18H2,1-5H3,(H,34,37)/b33-17-. The Balaban J connectivity index is 1.59. The summed E-state index contributed by atoms with van der Waals surface area (Å²) in [6.07, 6.45) is 1.53. The van der Waals surface area contributed by atoms with Crippen LogP contribution in [0.2, 0.25) is 10.0 Å². The van der Waals surface area contributed by atoms with Crippen LogP contribution in [0.3, 0.4) is 0 Å². The Kier molecular flexibility index (Phi) is 8.73. The van der Waals surface area contributed by atoms with Crippen molar-refractivity contribution < 1.29 is 13.2 Å². The van der Waals surface area contributed by atoms with E-state index in [0.29, 0.717) is 15.7 Å². The number of hydrogen-bond acceptors (Lipinski definition) is 4. The highest BCUT2D eigenvalue weighted by Gasteiger charge is 2.28. The molecule has 0 unspecified atom stereocenters. The molecule has 1 heterocycles. The number of halogens is 2. The summed E-state index contributed by atoms with van der Waals surface area (Å²) in [5.74, 6) is -0.580. The van der Waals surface area contributed by atoms with E-state index in [1.165, 1.54) is 6.21 Å². The summed E-state index contributed by atoms with van der Waals surface area (Å²) in [6.45, 7) is 8.98. The number of amides is 1. The van der Waals surface area contributed by atoms with Crippen LogP contribution in [0.5, 0.6) is 0 Å². The van der Waals surface area contributed by atoms with Crippen LogP contribution in [0, 0.1) is 34.6 Å². The lowest BCUT2D eigenvalue weighted by molar-refractivity contribution is -0.119. The summed E-state index contributed by atoms with van der Waals surface area (Å²) in [4.78, 5) is 13.1. The number of sulfonamides is 1. The molecule has 0 aliphatic carbocycles. The maximum absolute atomic E-state index is 13.7. The third-order valence-electron chi connectivity index (χ3n) is 6.50. The molecular weight excluding hydrogens is 567 g/mol. The van der Waals surface area contributed by atoms with Crippen molar-refractivity contribution in [1.82, 2.24) is 9.99 Å².